The highest BCUT2D eigenvalue weighted by Crippen LogP contribution is 2.29. The minimum Gasteiger partial charge on any atom is -0.325 e. The van der Waals surface area contributed by atoms with E-state index in [1.807, 2.05) is 67.6 Å². The third kappa shape index (κ3) is 4.28. The first-order chi connectivity index (χ1) is 12.2. The first-order valence-electron chi connectivity index (χ1n) is 8.14. The lowest BCUT2D eigenvalue weighted by molar-refractivity contribution is -0.129. The van der Waals surface area contributed by atoms with Crippen LogP contribution in [0.25, 0.3) is 0 Å². The molecular weight excluding hydrogens is 334 g/mol. The molecule has 1 heterocycles. The summed E-state index contributed by atoms with van der Waals surface area (Å²) in [5.41, 5.74) is 1.49. The van der Waals surface area contributed by atoms with Gasteiger partial charge < -0.3 is 5.32 Å². The Kier molecular flexibility index (Phi) is 5.50. The van der Waals surface area contributed by atoms with Crippen LogP contribution in [-0.4, -0.2) is 33.7 Å². The van der Waals surface area contributed by atoms with Gasteiger partial charge in [-0.3, -0.25) is 14.5 Å². The zero-order valence-corrected chi connectivity index (χ0v) is 14.7. The molecule has 1 saturated heterocycles. The zero-order valence-electron chi connectivity index (χ0n) is 13.9. The molecule has 5 nitrogen and oxygen atoms in total. The molecule has 0 saturated carbocycles. The first kappa shape index (κ1) is 17.2. The van der Waals surface area contributed by atoms with E-state index in [-0.39, 0.29) is 18.2 Å². The van der Waals surface area contributed by atoms with Gasteiger partial charge in [0.05, 0.1) is 5.69 Å². The van der Waals surface area contributed by atoms with E-state index in [1.165, 1.54) is 11.8 Å². The van der Waals surface area contributed by atoms with Crippen LogP contribution in [0.2, 0.25) is 0 Å². The number of nitrogens with one attached hydrogen (secondary N) is 1. The number of aliphatic imine (C=N–C) groups is 1. The second-order valence-corrected chi connectivity index (χ2v) is 6.70. The average Bonchev–Trinajstić information content (AvgIpc) is 2.63. The monoisotopic (exact) mass is 353 g/mol. The van der Waals surface area contributed by atoms with Crippen molar-refractivity contribution in [2.24, 2.45) is 4.99 Å². The van der Waals surface area contributed by atoms with Crippen molar-refractivity contribution in [3.63, 3.8) is 0 Å². The second kappa shape index (κ2) is 7.98. The molecule has 0 aromatic heterocycles. The highest BCUT2D eigenvalue weighted by atomic mass is 32.2. The van der Waals surface area contributed by atoms with E-state index in [1.54, 1.807) is 4.90 Å². The number of para-hydroxylation sites is 2. The summed E-state index contributed by atoms with van der Waals surface area (Å²) < 4.78 is 0. The normalized spacial score (nSPS) is 19.1. The Morgan fingerprint density at radius 2 is 1.80 bits per heavy atom. The predicted molar refractivity (Wildman–Crippen MR) is 102 cm³/mol. The van der Waals surface area contributed by atoms with Crippen molar-refractivity contribution in [3.8, 4) is 0 Å². The quantitative estimate of drug-likeness (QED) is 0.912. The standard InChI is InChI=1S/C19H19N3O2S/c1-2-22-17(23)13-16(18(24)20-14-9-5-3-6-10-14)25-19(22)21-15-11-7-4-8-12-15/h3-12,16H,2,13H2,1H3,(H,20,24). The van der Waals surface area contributed by atoms with Crippen LogP contribution in [0, 0.1) is 0 Å². The summed E-state index contributed by atoms with van der Waals surface area (Å²) >= 11 is 1.33. The Labute approximate surface area is 151 Å². The Hall–Kier alpha value is -2.60. The first-order valence-corrected chi connectivity index (χ1v) is 9.02. The molecule has 1 aliphatic heterocycles. The lowest BCUT2D eigenvalue weighted by atomic mass is 10.2. The average molecular weight is 353 g/mol. The van der Waals surface area contributed by atoms with Gasteiger partial charge in [-0.25, -0.2) is 4.99 Å². The van der Waals surface area contributed by atoms with Gasteiger partial charge in [0.2, 0.25) is 11.8 Å². The fraction of sp³-hybridized carbons (Fsp3) is 0.211. The van der Waals surface area contributed by atoms with E-state index in [2.05, 4.69) is 10.3 Å². The largest absolute Gasteiger partial charge is 0.325 e. The number of amidine groups is 1. The summed E-state index contributed by atoms with van der Waals surface area (Å²) in [6.07, 6.45) is 0.172. The maximum absolute atomic E-state index is 12.5. The van der Waals surface area contributed by atoms with Crippen LogP contribution in [-0.2, 0) is 9.59 Å². The fourth-order valence-electron chi connectivity index (χ4n) is 2.51. The number of carbonyl (C=O) groups excluding carboxylic acids is 2. The minimum absolute atomic E-state index is 0.0795. The maximum Gasteiger partial charge on any atom is 0.238 e. The molecule has 25 heavy (non-hydrogen) atoms. The summed E-state index contributed by atoms with van der Waals surface area (Å²) in [6, 6.07) is 18.7. The van der Waals surface area contributed by atoms with Crippen LogP contribution in [0.5, 0.6) is 0 Å². The van der Waals surface area contributed by atoms with Crippen molar-refractivity contribution in [1.29, 1.82) is 0 Å². The van der Waals surface area contributed by atoms with Crippen LogP contribution < -0.4 is 5.32 Å². The number of hydrogen-bond donors (Lipinski definition) is 1. The number of nitrogens with zero attached hydrogens (tertiary/aromatic N) is 2. The molecule has 0 spiro atoms. The number of rotatable bonds is 4. The second-order valence-electron chi connectivity index (χ2n) is 5.53. The highest BCUT2D eigenvalue weighted by molar-refractivity contribution is 8.15. The Morgan fingerprint density at radius 3 is 2.44 bits per heavy atom. The van der Waals surface area contributed by atoms with Gasteiger partial charge in [0.1, 0.15) is 5.25 Å². The van der Waals surface area contributed by atoms with Crippen LogP contribution in [0.15, 0.2) is 65.7 Å². The van der Waals surface area contributed by atoms with Crippen LogP contribution in [0.1, 0.15) is 13.3 Å². The molecule has 128 valence electrons. The van der Waals surface area contributed by atoms with Crippen molar-refractivity contribution in [3.05, 3.63) is 60.7 Å². The lowest BCUT2D eigenvalue weighted by Gasteiger charge is -2.30. The van der Waals surface area contributed by atoms with Gasteiger partial charge >= 0.3 is 0 Å². The Balaban J connectivity index is 1.79. The van der Waals surface area contributed by atoms with Gasteiger partial charge in [-0.2, -0.15) is 0 Å². The number of anilines is 1. The lowest BCUT2D eigenvalue weighted by Crippen LogP contribution is -2.45. The summed E-state index contributed by atoms with van der Waals surface area (Å²) in [7, 11) is 0. The van der Waals surface area contributed by atoms with E-state index in [0.29, 0.717) is 11.7 Å². The van der Waals surface area contributed by atoms with Crippen LogP contribution in [0.3, 0.4) is 0 Å². The number of thioether (sulfide) groups is 1. The third-order valence-corrected chi connectivity index (χ3v) is 4.96. The van der Waals surface area contributed by atoms with E-state index in [4.69, 9.17) is 0 Å². The van der Waals surface area contributed by atoms with Crippen molar-refractivity contribution >= 4 is 40.1 Å². The fourth-order valence-corrected chi connectivity index (χ4v) is 3.67. The molecule has 6 heteroatoms. The molecule has 0 aliphatic carbocycles. The molecule has 1 N–H and O–H groups in total. The predicted octanol–water partition coefficient (Wildman–Crippen LogP) is 3.67. The van der Waals surface area contributed by atoms with Crippen molar-refractivity contribution in [2.45, 2.75) is 18.6 Å². The molecule has 1 atom stereocenters. The zero-order chi connectivity index (χ0) is 17.6. The molecule has 1 fully saturated rings. The third-order valence-electron chi connectivity index (χ3n) is 3.77. The Morgan fingerprint density at radius 1 is 1.16 bits per heavy atom. The van der Waals surface area contributed by atoms with Crippen LogP contribution >= 0.6 is 11.8 Å². The van der Waals surface area contributed by atoms with Crippen molar-refractivity contribution in [2.75, 3.05) is 11.9 Å². The smallest absolute Gasteiger partial charge is 0.238 e. The van der Waals surface area contributed by atoms with Gasteiger partial charge in [0, 0.05) is 18.7 Å². The van der Waals surface area contributed by atoms with Crippen molar-refractivity contribution < 1.29 is 9.59 Å². The molecule has 3 rings (SSSR count). The van der Waals surface area contributed by atoms with E-state index in [0.717, 1.165) is 11.4 Å². The minimum atomic E-state index is -0.488. The molecule has 1 aliphatic rings. The number of hydrogen-bond acceptors (Lipinski definition) is 4. The summed E-state index contributed by atoms with van der Waals surface area (Å²) in [5.74, 6) is -0.259. The molecule has 2 amide bonds. The summed E-state index contributed by atoms with van der Waals surface area (Å²) in [5, 5.41) is 2.94. The van der Waals surface area contributed by atoms with Gasteiger partial charge in [-0.1, -0.05) is 48.2 Å². The van der Waals surface area contributed by atoms with E-state index >= 15 is 0 Å². The van der Waals surface area contributed by atoms with E-state index < -0.39 is 5.25 Å². The SMILES string of the molecule is CCN1C(=O)CC(C(=O)Nc2ccccc2)SC1=Nc1ccccc1. The van der Waals surface area contributed by atoms with Crippen molar-refractivity contribution in [1.82, 2.24) is 4.90 Å². The molecule has 2 aromatic rings. The maximum atomic E-state index is 12.5. The van der Waals surface area contributed by atoms with Gasteiger partial charge in [-0.15, -0.1) is 0 Å². The molecule has 1 unspecified atom stereocenters. The molecular formula is C19H19N3O2S. The summed E-state index contributed by atoms with van der Waals surface area (Å²) in [6.45, 7) is 2.44. The number of amides is 2. The highest BCUT2D eigenvalue weighted by Gasteiger charge is 2.35. The Bertz CT molecular complexity index is 778. The molecule has 0 radical (unpaired) electrons. The van der Waals surface area contributed by atoms with Gasteiger partial charge in [-0.05, 0) is 31.2 Å². The van der Waals surface area contributed by atoms with Crippen LogP contribution in [0.4, 0.5) is 11.4 Å². The van der Waals surface area contributed by atoms with E-state index in [9.17, 15) is 9.59 Å². The summed E-state index contributed by atoms with van der Waals surface area (Å²) in [4.78, 5) is 31.2. The van der Waals surface area contributed by atoms with Gasteiger partial charge in [0.15, 0.2) is 5.17 Å². The molecule has 0 bridgehead atoms. The number of benzene rings is 2. The number of carbonyl (C=O) groups is 2. The van der Waals surface area contributed by atoms with Gasteiger partial charge in [0.25, 0.3) is 0 Å². The topological polar surface area (TPSA) is 61.8 Å². The molecule has 2 aromatic carbocycles.